The van der Waals surface area contributed by atoms with Crippen LogP contribution in [0.3, 0.4) is 0 Å². The van der Waals surface area contributed by atoms with Gasteiger partial charge in [0.1, 0.15) is 5.82 Å². The summed E-state index contributed by atoms with van der Waals surface area (Å²) in [6, 6.07) is 9.84. The summed E-state index contributed by atoms with van der Waals surface area (Å²) in [4.78, 5) is 25.0. The van der Waals surface area contributed by atoms with Gasteiger partial charge in [-0.2, -0.15) is 0 Å². The van der Waals surface area contributed by atoms with Crippen molar-refractivity contribution in [3.63, 3.8) is 0 Å². The number of piperidine rings is 2. The normalized spacial score (nSPS) is 22.4. The number of nitrogens with zero attached hydrogens (tertiary/aromatic N) is 4. The van der Waals surface area contributed by atoms with E-state index in [1.54, 1.807) is 0 Å². The predicted octanol–water partition coefficient (Wildman–Crippen LogP) is 5.86. The van der Waals surface area contributed by atoms with E-state index in [-0.39, 0.29) is 31.8 Å². The minimum atomic E-state index is -2.62. The van der Waals surface area contributed by atoms with E-state index in [1.807, 2.05) is 29.2 Å². The molecule has 0 radical (unpaired) electrons. The molecule has 1 N–H and O–H groups in total. The van der Waals surface area contributed by atoms with Gasteiger partial charge in [-0.05, 0) is 80.7 Å². The highest BCUT2D eigenvalue weighted by Gasteiger charge is 2.44. The maximum atomic E-state index is 13.9. The van der Waals surface area contributed by atoms with Crippen molar-refractivity contribution < 1.29 is 13.6 Å². The molecule has 198 valence electrons. The monoisotopic (exact) mass is 509 g/mol. The van der Waals surface area contributed by atoms with Gasteiger partial charge in [0.25, 0.3) is 11.8 Å². The van der Waals surface area contributed by atoms with E-state index in [1.165, 1.54) is 25.7 Å². The van der Waals surface area contributed by atoms with Crippen LogP contribution in [0, 0.1) is 12.3 Å². The molecule has 0 bridgehead atoms. The Balaban J connectivity index is 1.25. The molecule has 3 saturated heterocycles. The molecule has 1 aromatic carbocycles. The van der Waals surface area contributed by atoms with Crippen molar-refractivity contribution in [3.8, 4) is 0 Å². The van der Waals surface area contributed by atoms with Crippen LogP contribution in [-0.4, -0.2) is 56.1 Å². The molecule has 4 fully saturated rings. The van der Waals surface area contributed by atoms with E-state index in [0.717, 1.165) is 56.0 Å². The van der Waals surface area contributed by atoms with Gasteiger partial charge in [0.2, 0.25) is 0 Å². The van der Waals surface area contributed by atoms with Crippen LogP contribution in [0.15, 0.2) is 30.3 Å². The predicted molar refractivity (Wildman–Crippen MR) is 144 cm³/mol. The highest BCUT2D eigenvalue weighted by atomic mass is 19.3. The Morgan fingerprint density at radius 2 is 1.46 bits per heavy atom. The number of alkyl halides is 2. The number of carbonyl (C=O) groups is 1. The average molecular weight is 510 g/mol. The van der Waals surface area contributed by atoms with Gasteiger partial charge in [0.15, 0.2) is 5.82 Å². The number of hydrogen-bond acceptors (Lipinski definition) is 5. The van der Waals surface area contributed by atoms with Crippen LogP contribution in [-0.2, 0) is 0 Å². The van der Waals surface area contributed by atoms with E-state index < -0.39 is 5.92 Å². The van der Waals surface area contributed by atoms with Gasteiger partial charge >= 0.3 is 0 Å². The van der Waals surface area contributed by atoms with Gasteiger partial charge in [-0.25, -0.2) is 13.8 Å². The molecule has 1 amide bonds. The number of hydrogen-bond donors (Lipinski definition) is 1. The minimum absolute atomic E-state index is 0.172. The molecule has 4 heterocycles. The van der Waals surface area contributed by atoms with Crippen molar-refractivity contribution in [2.45, 2.75) is 64.2 Å². The lowest BCUT2D eigenvalue weighted by Gasteiger charge is -2.35. The Morgan fingerprint density at radius 1 is 0.811 bits per heavy atom. The number of anilines is 4. The molecule has 6 rings (SSSR count). The fraction of sp³-hybridized carbons (Fsp3) is 0.586. The molecule has 1 aliphatic carbocycles. The molecule has 2 aromatic rings. The second-order valence-electron chi connectivity index (χ2n) is 11.5. The Kier molecular flexibility index (Phi) is 6.24. The maximum absolute atomic E-state index is 13.9. The van der Waals surface area contributed by atoms with Crippen molar-refractivity contribution in [2.24, 2.45) is 5.41 Å². The molecule has 1 aromatic heterocycles. The third-order valence-corrected chi connectivity index (χ3v) is 8.86. The van der Waals surface area contributed by atoms with Crippen LogP contribution in [0.25, 0.3) is 0 Å². The molecule has 1 spiro atoms. The summed E-state index contributed by atoms with van der Waals surface area (Å²) in [6.07, 6.45) is 6.96. The number of carbonyl (C=O) groups excluding carboxylic acids is 1. The Hall–Kier alpha value is -2.90. The summed E-state index contributed by atoms with van der Waals surface area (Å²) in [5.41, 5.74) is 4.31. The van der Waals surface area contributed by atoms with Crippen molar-refractivity contribution in [3.05, 3.63) is 41.5 Å². The third-order valence-electron chi connectivity index (χ3n) is 8.86. The number of amides is 1. The van der Waals surface area contributed by atoms with Gasteiger partial charge in [-0.15, -0.1) is 0 Å². The summed E-state index contributed by atoms with van der Waals surface area (Å²) in [5.74, 6) is -1.64. The molecule has 37 heavy (non-hydrogen) atoms. The van der Waals surface area contributed by atoms with Gasteiger partial charge < -0.3 is 20.0 Å². The number of pyridine rings is 1. The molecule has 1 saturated carbocycles. The fourth-order valence-corrected chi connectivity index (χ4v) is 6.17. The quantitative estimate of drug-likeness (QED) is 0.547. The summed E-state index contributed by atoms with van der Waals surface area (Å²) in [7, 11) is 0. The molecule has 4 aliphatic rings. The second-order valence-corrected chi connectivity index (χ2v) is 11.5. The first-order valence-electron chi connectivity index (χ1n) is 13.9. The van der Waals surface area contributed by atoms with Crippen molar-refractivity contribution in [1.82, 2.24) is 4.98 Å². The zero-order valence-electron chi connectivity index (χ0n) is 21.7. The van der Waals surface area contributed by atoms with E-state index in [2.05, 4.69) is 28.1 Å². The number of nitrogens with one attached hydrogen (secondary N) is 1. The van der Waals surface area contributed by atoms with Gasteiger partial charge in [-0.3, -0.25) is 4.79 Å². The number of aryl methyl sites for hydroxylation is 1. The highest BCUT2D eigenvalue weighted by molar-refractivity contribution is 6.08. The first-order chi connectivity index (χ1) is 17.8. The van der Waals surface area contributed by atoms with Gasteiger partial charge in [0, 0.05) is 57.8 Å². The maximum Gasteiger partial charge on any atom is 0.258 e. The summed E-state index contributed by atoms with van der Waals surface area (Å²) >= 11 is 0. The standard InChI is InChI=1S/C29H37F2N5O/c1-21-4-5-22(24(20-21)35-16-10-28(8-9-28)11-17-35)27(37)33-25-7-6-23(34-14-2-3-15-34)26(32-25)36-18-12-29(30,31)13-19-36/h4-7,20H,2-3,8-19H2,1H3,(H,32,33,37). The SMILES string of the molecule is Cc1ccc(C(=O)Nc2ccc(N3CCCC3)c(N3CCC(F)(F)CC3)n2)c(N2CCC3(CC2)CC3)c1. The Morgan fingerprint density at radius 3 is 2.14 bits per heavy atom. The number of benzene rings is 1. The van der Waals surface area contributed by atoms with Gasteiger partial charge in [0.05, 0.1) is 11.3 Å². The zero-order chi connectivity index (χ0) is 25.6. The fourth-order valence-electron chi connectivity index (χ4n) is 6.17. The van der Waals surface area contributed by atoms with Gasteiger partial charge in [-0.1, -0.05) is 6.07 Å². The van der Waals surface area contributed by atoms with Crippen LogP contribution >= 0.6 is 0 Å². The van der Waals surface area contributed by atoms with Crippen LogP contribution in [0.5, 0.6) is 0 Å². The van der Waals surface area contributed by atoms with Crippen molar-refractivity contribution >= 4 is 28.9 Å². The highest BCUT2D eigenvalue weighted by Crippen LogP contribution is 2.54. The lowest BCUT2D eigenvalue weighted by atomic mass is 9.92. The lowest BCUT2D eigenvalue weighted by molar-refractivity contribution is -0.0221. The molecular weight excluding hydrogens is 472 g/mol. The van der Waals surface area contributed by atoms with Crippen LogP contribution < -0.4 is 20.0 Å². The van der Waals surface area contributed by atoms with Crippen LogP contribution in [0.2, 0.25) is 0 Å². The van der Waals surface area contributed by atoms with Crippen LogP contribution in [0.4, 0.5) is 31.8 Å². The smallest absolute Gasteiger partial charge is 0.258 e. The zero-order valence-corrected chi connectivity index (χ0v) is 21.7. The second kappa shape index (κ2) is 9.44. The molecule has 0 atom stereocenters. The largest absolute Gasteiger partial charge is 0.371 e. The van der Waals surface area contributed by atoms with E-state index >= 15 is 0 Å². The Labute approximate surface area is 218 Å². The summed E-state index contributed by atoms with van der Waals surface area (Å²) in [5, 5.41) is 3.03. The molecule has 8 heteroatoms. The molecular formula is C29H37F2N5O. The van der Waals surface area contributed by atoms with Crippen molar-refractivity contribution in [2.75, 3.05) is 59.3 Å². The molecule has 0 unspecified atom stereocenters. The summed E-state index contributed by atoms with van der Waals surface area (Å²) in [6.45, 7) is 6.42. The molecule has 3 aliphatic heterocycles. The molecule has 6 nitrogen and oxygen atoms in total. The van der Waals surface area contributed by atoms with E-state index in [9.17, 15) is 13.6 Å². The topological polar surface area (TPSA) is 51.7 Å². The third kappa shape index (κ3) is 5.12. The summed E-state index contributed by atoms with van der Waals surface area (Å²) < 4.78 is 27.8. The number of halogens is 2. The average Bonchev–Trinajstić information content (AvgIpc) is 3.41. The first kappa shape index (κ1) is 24.4. The first-order valence-corrected chi connectivity index (χ1v) is 13.9. The number of aromatic nitrogens is 1. The number of rotatable bonds is 5. The van der Waals surface area contributed by atoms with E-state index in [0.29, 0.717) is 22.6 Å². The lowest BCUT2D eigenvalue weighted by Crippen LogP contribution is -2.40. The Bertz CT molecular complexity index is 1150. The van der Waals surface area contributed by atoms with E-state index in [4.69, 9.17) is 4.98 Å². The van der Waals surface area contributed by atoms with Crippen LogP contribution in [0.1, 0.15) is 67.3 Å². The van der Waals surface area contributed by atoms with Crippen molar-refractivity contribution in [1.29, 1.82) is 0 Å². The minimum Gasteiger partial charge on any atom is -0.371 e.